The van der Waals surface area contributed by atoms with Crippen LogP contribution in [-0.2, 0) is 0 Å². The summed E-state index contributed by atoms with van der Waals surface area (Å²) in [5, 5.41) is 0.183. The molecule has 0 spiro atoms. The molecule has 1 fully saturated rings. The first-order valence-corrected chi connectivity index (χ1v) is 7.92. The lowest BCUT2D eigenvalue weighted by Crippen LogP contribution is -2.34. The van der Waals surface area contributed by atoms with Gasteiger partial charge in [-0.15, -0.1) is 0 Å². The largest absolute Gasteiger partial charge is 0.329 e. The average molecular weight is 299 g/mol. The van der Waals surface area contributed by atoms with Crippen molar-refractivity contribution in [3.8, 4) is 0 Å². The summed E-state index contributed by atoms with van der Waals surface area (Å²) in [6.07, 6.45) is 4.99. The molecule has 1 saturated heterocycles. The number of rotatable bonds is 4. The number of hydrogen-bond acceptors (Lipinski definition) is 2. The van der Waals surface area contributed by atoms with Gasteiger partial charge in [-0.2, -0.15) is 0 Å². The van der Waals surface area contributed by atoms with E-state index < -0.39 is 0 Å². The third-order valence-electron chi connectivity index (χ3n) is 4.45. The van der Waals surface area contributed by atoms with E-state index in [1.807, 2.05) is 0 Å². The Morgan fingerprint density at radius 3 is 2.85 bits per heavy atom. The highest BCUT2D eigenvalue weighted by Gasteiger charge is 2.23. The fraction of sp³-hybridized carbons (Fsp3) is 0.625. The van der Waals surface area contributed by atoms with Crippen molar-refractivity contribution in [2.24, 2.45) is 11.7 Å². The van der Waals surface area contributed by atoms with E-state index in [4.69, 9.17) is 17.3 Å². The summed E-state index contributed by atoms with van der Waals surface area (Å²) in [5.41, 5.74) is 6.99. The van der Waals surface area contributed by atoms with E-state index in [1.54, 1.807) is 12.1 Å². The van der Waals surface area contributed by atoms with Crippen molar-refractivity contribution < 1.29 is 4.39 Å². The van der Waals surface area contributed by atoms with Crippen LogP contribution in [0.1, 0.15) is 44.2 Å². The van der Waals surface area contributed by atoms with E-state index in [-0.39, 0.29) is 16.9 Å². The summed E-state index contributed by atoms with van der Waals surface area (Å²) in [6.45, 7) is 4.93. The molecule has 2 nitrogen and oxygen atoms in total. The van der Waals surface area contributed by atoms with Crippen LogP contribution in [0.4, 0.5) is 4.39 Å². The predicted octanol–water partition coefficient (Wildman–Crippen LogP) is 3.99. The van der Waals surface area contributed by atoms with Crippen molar-refractivity contribution in [2.75, 3.05) is 19.6 Å². The first kappa shape index (κ1) is 15.7. The summed E-state index contributed by atoms with van der Waals surface area (Å²) in [6, 6.07) is 5.11. The molecule has 2 rings (SSSR count). The van der Waals surface area contributed by atoms with Gasteiger partial charge in [-0.3, -0.25) is 4.90 Å². The standard InChI is InChI=1S/C16H24ClFN2/c1-2-12-4-3-8-20(9-7-12)16(11-19)13-5-6-15(18)14(17)10-13/h5-6,10,12,16H,2-4,7-9,11,19H2,1H3. The molecule has 20 heavy (non-hydrogen) atoms. The van der Waals surface area contributed by atoms with E-state index in [1.165, 1.54) is 31.7 Å². The second kappa shape index (κ2) is 7.39. The molecule has 0 aromatic heterocycles. The maximum Gasteiger partial charge on any atom is 0.141 e. The minimum atomic E-state index is -0.367. The van der Waals surface area contributed by atoms with Crippen molar-refractivity contribution >= 4 is 11.6 Å². The van der Waals surface area contributed by atoms with Crippen LogP contribution in [0.15, 0.2) is 18.2 Å². The van der Waals surface area contributed by atoms with E-state index in [0.29, 0.717) is 6.54 Å². The van der Waals surface area contributed by atoms with Gasteiger partial charge in [-0.1, -0.05) is 31.0 Å². The molecule has 1 aliphatic heterocycles. The van der Waals surface area contributed by atoms with Gasteiger partial charge >= 0.3 is 0 Å². The minimum Gasteiger partial charge on any atom is -0.329 e. The molecule has 2 unspecified atom stereocenters. The van der Waals surface area contributed by atoms with Crippen molar-refractivity contribution in [3.05, 3.63) is 34.6 Å². The molecule has 0 amide bonds. The molecule has 1 aromatic rings. The van der Waals surface area contributed by atoms with Crippen LogP contribution in [-0.4, -0.2) is 24.5 Å². The summed E-state index contributed by atoms with van der Waals surface area (Å²) in [5.74, 6) is 0.461. The first-order chi connectivity index (χ1) is 9.65. The Labute approximate surface area is 126 Å². The Hall–Kier alpha value is -0.640. The lowest BCUT2D eigenvalue weighted by atomic mass is 9.98. The fourth-order valence-electron chi connectivity index (χ4n) is 3.12. The van der Waals surface area contributed by atoms with Crippen LogP contribution in [0, 0.1) is 11.7 Å². The molecule has 0 bridgehead atoms. The van der Waals surface area contributed by atoms with Crippen LogP contribution in [0.5, 0.6) is 0 Å². The zero-order valence-corrected chi connectivity index (χ0v) is 12.9. The zero-order chi connectivity index (χ0) is 14.5. The van der Waals surface area contributed by atoms with Crippen LogP contribution in [0.25, 0.3) is 0 Å². The predicted molar refractivity (Wildman–Crippen MR) is 82.4 cm³/mol. The Bertz CT molecular complexity index is 438. The molecular weight excluding hydrogens is 275 g/mol. The van der Waals surface area contributed by atoms with Gasteiger partial charge in [-0.25, -0.2) is 4.39 Å². The topological polar surface area (TPSA) is 29.3 Å². The number of nitrogens with zero attached hydrogens (tertiary/aromatic N) is 1. The molecule has 0 radical (unpaired) electrons. The number of nitrogens with two attached hydrogens (primary N) is 1. The molecule has 1 heterocycles. The SMILES string of the molecule is CCC1CCCN(C(CN)c2ccc(F)c(Cl)c2)CC1. The van der Waals surface area contributed by atoms with Crippen molar-refractivity contribution in [1.82, 2.24) is 4.90 Å². The normalized spacial score (nSPS) is 22.5. The highest BCUT2D eigenvalue weighted by atomic mass is 35.5. The van der Waals surface area contributed by atoms with Crippen LogP contribution in [0.2, 0.25) is 5.02 Å². The summed E-state index contributed by atoms with van der Waals surface area (Å²) in [7, 11) is 0. The number of hydrogen-bond donors (Lipinski definition) is 1. The van der Waals surface area contributed by atoms with E-state index in [9.17, 15) is 4.39 Å². The number of benzene rings is 1. The first-order valence-electron chi connectivity index (χ1n) is 7.54. The molecule has 112 valence electrons. The zero-order valence-electron chi connectivity index (χ0n) is 12.1. The second-order valence-corrected chi connectivity index (χ2v) is 6.07. The molecule has 4 heteroatoms. The summed E-state index contributed by atoms with van der Waals surface area (Å²) < 4.78 is 13.3. The lowest BCUT2D eigenvalue weighted by Gasteiger charge is -2.30. The summed E-state index contributed by atoms with van der Waals surface area (Å²) >= 11 is 5.90. The average Bonchev–Trinajstić information content (AvgIpc) is 2.69. The maximum absolute atomic E-state index is 13.3. The van der Waals surface area contributed by atoms with Gasteiger partial charge in [-0.05, 0) is 56.0 Å². The molecule has 0 saturated carbocycles. The monoisotopic (exact) mass is 298 g/mol. The Morgan fingerprint density at radius 1 is 1.40 bits per heavy atom. The molecule has 1 aromatic carbocycles. The quantitative estimate of drug-likeness (QED) is 0.910. The van der Waals surface area contributed by atoms with Crippen LogP contribution >= 0.6 is 11.6 Å². The van der Waals surface area contributed by atoms with Gasteiger partial charge in [0, 0.05) is 12.6 Å². The van der Waals surface area contributed by atoms with Crippen LogP contribution in [0.3, 0.4) is 0 Å². The lowest BCUT2D eigenvalue weighted by molar-refractivity contribution is 0.206. The molecule has 2 atom stereocenters. The van der Waals surface area contributed by atoms with Crippen LogP contribution < -0.4 is 5.73 Å². The van der Waals surface area contributed by atoms with Crippen molar-refractivity contribution in [2.45, 2.75) is 38.6 Å². The highest BCUT2D eigenvalue weighted by Crippen LogP contribution is 2.28. The van der Waals surface area contributed by atoms with E-state index >= 15 is 0 Å². The Kier molecular flexibility index (Phi) is 5.82. The fourth-order valence-corrected chi connectivity index (χ4v) is 3.31. The van der Waals surface area contributed by atoms with Gasteiger partial charge in [0.15, 0.2) is 0 Å². The second-order valence-electron chi connectivity index (χ2n) is 5.67. The van der Waals surface area contributed by atoms with Crippen molar-refractivity contribution in [1.29, 1.82) is 0 Å². The highest BCUT2D eigenvalue weighted by molar-refractivity contribution is 6.30. The van der Waals surface area contributed by atoms with Gasteiger partial charge in [0.05, 0.1) is 5.02 Å². The number of halogens is 2. The van der Waals surface area contributed by atoms with E-state index in [2.05, 4.69) is 11.8 Å². The molecular formula is C16H24ClFN2. The third-order valence-corrected chi connectivity index (χ3v) is 4.74. The molecule has 0 aliphatic carbocycles. The third kappa shape index (κ3) is 3.72. The summed E-state index contributed by atoms with van der Waals surface area (Å²) in [4.78, 5) is 2.43. The van der Waals surface area contributed by atoms with Gasteiger partial charge < -0.3 is 5.73 Å². The molecule has 2 N–H and O–H groups in total. The molecule has 1 aliphatic rings. The number of likely N-dealkylation sites (tertiary alicyclic amines) is 1. The minimum absolute atomic E-state index is 0.142. The van der Waals surface area contributed by atoms with E-state index in [0.717, 1.165) is 24.6 Å². The van der Waals surface area contributed by atoms with Gasteiger partial charge in [0.25, 0.3) is 0 Å². The van der Waals surface area contributed by atoms with Crippen molar-refractivity contribution in [3.63, 3.8) is 0 Å². The Morgan fingerprint density at radius 2 is 2.20 bits per heavy atom. The van der Waals surface area contributed by atoms with Gasteiger partial charge in [0.1, 0.15) is 5.82 Å². The van der Waals surface area contributed by atoms with Gasteiger partial charge in [0.2, 0.25) is 0 Å². The maximum atomic E-state index is 13.3. The smallest absolute Gasteiger partial charge is 0.141 e. The Balaban J connectivity index is 2.12.